The largest absolute Gasteiger partial charge is 0.346 e. The molecule has 0 bridgehead atoms. The molecule has 8 nitrogen and oxygen atoms in total. The van der Waals surface area contributed by atoms with Crippen LogP contribution in [0.15, 0.2) is 41.9 Å². The van der Waals surface area contributed by atoms with E-state index in [9.17, 15) is 14.4 Å². The fraction of sp³-hybridized carbons (Fsp3) is 0.520. The molecule has 1 aliphatic heterocycles. The second-order valence-corrected chi connectivity index (χ2v) is 9.86. The van der Waals surface area contributed by atoms with Gasteiger partial charge in [-0.05, 0) is 37.8 Å². The molecule has 1 aromatic heterocycles. The fourth-order valence-electron chi connectivity index (χ4n) is 3.94. The minimum atomic E-state index is -0.608. The predicted octanol–water partition coefficient (Wildman–Crippen LogP) is 2.82. The third-order valence-corrected chi connectivity index (χ3v) is 6.88. The van der Waals surface area contributed by atoms with Gasteiger partial charge in [-0.2, -0.15) is 0 Å². The molecule has 2 aromatic rings. The molecule has 1 aromatic carbocycles. The molecule has 1 fully saturated rings. The van der Waals surface area contributed by atoms with Gasteiger partial charge in [0.15, 0.2) is 5.01 Å². The van der Waals surface area contributed by atoms with Crippen molar-refractivity contribution in [3.05, 3.63) is 52.5 Å². The molecule has 2 N–H and O–H groups in total. The van der Waals surface area contributed by atoms with E-state index in [2.05, 4.69) is 27.6 Å². The Morgan fingerprint density at radius 3 is 2.50 bits per heavy atom. The predicted molar refractivity (Wildman–Crippen MR) is 134 cm³/mol. The van der Waals surface area contributed by atoms with Crippen LogP contribution in [0.3, 0.4) is 0 Å². The van der Waals surface area contributed by atoms with Crippen molar-refractivity contribution in [1.29, 1.82) is 0 Å². The summed E-state index contributed by atoms with van der Waals surface area (Å²) in [5, 5.41) is 8.08. The van der Waals surface area contributed by atoms with Crippen LogP contribution in [0, 0.1) is 5.92 Å². The number of Topliss-reactive ketones (excluding diaryl/α,β-unsaturated/α-hetero) is 1. The van der Waals surface area contributed by atoms with Crippen LogP contribution in [0.5, 0.6) is 0 Å². The first-order valence-electron chi connectivity index (χ1n) is 11.9. The number of aryl methyl sites for hydroxylation is 1. The summed E-state index contributed by atoms with van der Waals surface area (Å²) in [4.78, 5) is 46.2. The normalized spacial score (nSPS) is 16.0. The van der Waals surface area contributed by atoms with Crippen molar-refractivity contribution in [2.75, 3.05) is 39.8 Å². The Balaban J connectivity index is 1.45. The molecule has 3 rings (SSSR count). The Labute approximate surface area is 205 Å². The van der Waals surface area contributed by atoms with Crippen molar-refractivity contribution in [1.82, 2.24) is 25.4 Å². The van der Waals surface area contributed by atoms with Gasteiger partial charge in [0.25, 0.3) is 0 Å². The van der Waals surface area contributed by atoms with Gasteiger partial charge in [0, 0.05) is 50.7 Å². The lowest BCUT2D eigenvalue weighted by Crippen LogP contribution is -2.50. The number of hydrogen-bond donors (Lipinski definition) is 2. The van der Waals surface area contributed by atoms with E-state index in [4.69, 9.17) is 0 Å². The SMILES string of the molecule is CC(CCNC(=O)N1CCN(C)CC1)CC(=O)NC(CCc1ccccc1)C(=O)c1nccs1. The summed E-state index contributed by atoms with van der Waals surface area (Å²) in [6, 6.07) is 9.28. The average Bonchev–Trinajstić information content (AvgIpc) is 3.37. The molecule has 0 radical (unpaired) electrons. The minimum Gasteiger partial charge on any atom is -0.346 e. The summed E-state index contributed by atoms with van der Waals surface area (Å²) in [6.07, 6.45) is 3.81. The Morgan fingerprint density at radius 1 is 1.09 bits per heavy atom. The van der Waals surface area contributed by atoms with Crippen molar-refractivity contribution in [2.24, 2.45) is 5.92 Å². The van der Waals surface area contributed by atoms with Gasteiger partial charge in [-0.15, -0.1) is 11.3 Å². The highest BCUT2D eigenvalue weighted by molar-refractivity contribution is 7.11. The molecule has 0 aliphatic carbocycles. The number of likely N-dealkylation sites (N-methyl/N-ethyl adjacent to an activating group) is 1. The number of urea groups is 1. The molecule has 1 aliphatic rings. The van der Waals surface area contributed by atoms with Crippen molar-refractivity contribution in [3.8, 4) is 0 Å². The van der Waals surface area contributed by atoms with Crippen molar-refractivity contribution >= 4 is 29.1 Å². The van der Waals surface area contributed by atoms with Crippen LogP contribution in [0.1, 0.15) is 41.6 Å². The highest BCUT2D eigenvalue weighted by atomic mass is 32.1. The van der Waals surface area contributed by atoms with E-state index in [0.29, 0.717) is 37.2 Å². The first-order valence-corrected chi connectivity index (χ1v) is 12.8. The molecule has 184 valence electrons. The highest BCUT2D eigenvalue weighted by Crippen LogP contribution is 2.14. The summed E-state index contributed by atoms with van der Waals surface area (Å²) in [5.74, 6) is -0.218. The van der Waals surface area contributed by atoms with Gasteiger partial charge in [-0.25, -0.2) is 9.78 Å². The number of benzene rings is 1. The van der Waals surface area contributed by atoms with E-state index in [-0.39, 0.29) is 23.6 Å². The molecule has 1 saturated heterocycles. The lowest BCUT2D eigenvalue weighted by atomic mass is 10.00. The zero-order valence-corrected chi connectivity index (χ0v) is 20.9. The minimum absolute atomic E-state index is 0.0419. The van der Waals surface area contributed by atoms with E-state index in [1.54, 1.807) is 11.6 Å². The molecule has 3 amide bonds. The van der Waals surface area contributed by atoms with Crippen LogP contribution in [-0.4, -0.2) is 78.3 Å². The number of thiazole rings is 1. The lowest BCUT2D eigenvalue weighted by molar-refractivity contribution is -0.122. The molecule has 0 spiro atoms. The number of nitrogens with zero attached hydrogens (tertiary/aromatic N) is 3. The van der Waals surface area contributed by atoms with Gasteiger partial charge in [0.2, 0.25) is 11.7 Å². The van der Waals surface area contributed by atoms with Crippen LogP contribution in [-0.2, 0) is 11.2 Å². The highest BCUT2D eigenvalue weighted by Gasteiger charge is 2.25. The number of amides is 3. The standard InChI is InChI=1S/C25H35N5O3S/c1-19(10-11-27-25(33)30-15-13-29(2)14-16-30)18-22(31)28-21(23(32)24-26-12-17-34-24)9-8-20-6-4-3-5-7-20/h3-7,12,17,19,21H,8-11,13-16,18H2,1-2H3,(H,27,33)(H,28,31). The number of hydrogen-bond acceptors (Lipinski definition) is 6. The summed E-state index contributed by atoms with van der Waals surface area (Å²) >= 11 is 1.29. The first-order chi connectivity index (χ1) is 16.4. The van der Waals surface area contributed by atoms with Gasteiger partial charge in [0.05, 0.1) is 6.04 Å². The third kappa shape index (κ3) is 8.22. The second kappa shape index (κ2) is 13.2. The van der Waals surface area contributed by atoms with Gasteiger partial charge >= 0.3 is 6.03 Å². The summed E-state index contributed by atoms with van der Waals surface area (Å²) < 4.78 is 0. The number of carbonyl (C=O) groups excluding carboxylic acids is 3. The van der Waals surface area contributed by atoms with Crippen molar-refractivity contribution in [3.63, 3.8) is 0 Å². The average molecular weight is 486 g/mol. The Hall–Kier alpha value is -2.78. The Kier molecular flexibility index (Phi) is 10.0. The van der Waals surface area contributed by atoms with E-state index in [1.807, 2.05) is 42.2 Å². The lowest BCUT2D eigenvalue weighted by Gasteiger charge is -2.32. The molecular weight excluding hydrogens is 450 g/mol. The topological polar surface area (TPSA) is 94.6 Å². The maximum Gasteiger partial charge on any atom is 0.317 e. The molecule has 2 unspecified atom stereocenters. The third-order valence-electron chi connectivity index (χ3n) is 6.10. The number of rotatable bonds is 11. The Bertz CT molecular complexity index is 914. The zero-order chi connectivity index (χ0) is 24.3. The van der Waals surface area contributed by atoms with Crippen LogP contribution in [0.4, 0.5) is 4.79 Å². The zero-order valence-electron chi connectivity index (χ0n) is 20.0. The van der Waals surface area contributed by atoms with Gasteiger partial charge in [-0.1, -0.05) is 37.3 Å². The second-order valence-electron chi connectivity index (χ2n) is 8.97. The maximum absolute atomic E-state index is 12.9. The fourth-order valence-corrected chi connectivity index (χ4v) is 4.57. The number of ketones is 1. The van der Waals surface area contributed by atoms with E-state index >= 15 is 0 Å². The number of aromatic nitrogens is 1. The molecular formula is C25H35N5O3S. The quantitative estimate of drug-likeness (QED) is 0.478. The number of piperazine rings is 1. The maximum atomic E-state index is 12.9. The van der Waals surface area contributed by atoms with Crippen molar-refractivity contribution in [2.45, 2.75) is 38.6 Å². The summed E-state index contributed by atoms with van der Waals surface area (Å²) in [7, 11) is 2.05. The summed E-state index contributed by atoms with van der Waals surface area (Å²) in [6.45, 7) is 5.75. The monoisotopic (exact) mass is 485 g/mol. The number of nitrogens with one attached hydrogen (secondary N) is 2. The molecule has 2 atom stereocenters. The smallest absolute Gasteiger partial charge is 0.317 e. The van der Waals surface area contributed by atoms with Crippen LogP contribution in [0.2, 0.25) is 0 Å². The van der Waals surface area contributed by atoms with E-state index in [0.717, 1.165) is 31.7 Å². The van der Waals surface area contributed by atoms with E-state index < -0.39 is 6.04 Å². The number of carbonyl (C=O) groups is 3. The van der Waals surface area contributed by atoms with E-state index in [1.165, 1.54) is 11.3 Å². The first kappa shape index (κ1) is 25.8. The van der Waals surface area contributed by atoms with Gasteiger partial charge in [-0.3, -0.25) is 9.59 Å². The molecule has 0 saturated carbocycles. The van der Waals surface area contributed by atoms with Crippen LogP contribution in [0.25, 0.3) is 0 Å². The van der Waals surface area contributed by atoms with Crippen LogP contribution < -0.4 is 10.6 Å². The summed E-state index contributed by atoms with van der Waals surface area (Å²) in [5.41, 5.74) is 1.12. The molecule has 34 heavy (non-hydrogen) atoms. The molecule has 2 heterocycles. The Morgan fingerprint density at radius 2 is 1.82 bits per heavy atom. The van der Waals surface area contributed by atoms with Gasteiger partial charge < -0.3 is 20.4 Å². The van der Waals surface area contributed by atoms with Crippen molar-refractivity contribution < 1.29 is 14.4 Å². The van der Waals surface area contributed by atoms with Crippen LogP contribution >= 0.6 is 11.3 Å². The van der Waals surface area contributed by atoms with Gasteiger partial charge in [0.1, 0.15) is 0 Å². The molecule has 9 heteroatoms.